The van der Waals surface area contributed by atoms with Crippen molar-refractivity contribution >= 4 is 28.1 Å². The molecule has 2 aliphatic heterocycles. The molecule has 0 aliphatic carbocycles. The van der Waals surface area contributed by atoms with Crippen molar-refractivity contribution in [1.82, 2.24) is 4.90 Å². The first kappa shape index (κ1) is 13.2. The fourth-order valence-corrected chi connectivity index (χ4v) is 3.45. The highest BCUT2D eigenvalue weighted by Gasteiger charge is 2.36. The zero-order valence-electron chi connectivity index (χ0n) is 9.09. The summed E-state index contributed by atoms with van der Waals surface area (Å²) in [6.07, 6.45) is 3.19. The molecule has 18 heavy (non-hydrogen) atoms. The number of thioether (sulfide) groups is 1. The third-order valence-corrected chi connectivity index (χ3v) is 4.11. The van der Waals surface area contributed by atoms with E-state index in [4.69, 9.17) is 9.66 Å². The summed E-state index contributed by atoms with van der Waals surface area (Å²) in [6, 6.07) is 0. The van der Waals surface area contributed by atoms with Crippen LogP contribution in [0.1, 0.15) is 0 Å². The van der Waals surface area contributed by atoms with E-state index >= 15 is 0 Å². The van der Waals surface area contributed by atoms with Crippen LogP contribution in [0.3, 0.4) is 0 Å². The predicted octanol–water partition coefficient (Wildman–Crippen LogP) is 0.293. The van der Waals surface area contributed by atoms with Gasteiger partial charge < -0.3 is 14.2 Å². The van der Waals surface area contributed by atoms with Crippen LogP contribution in [0.5, 0.6) is 0 Å². The van der Waals surface area contributed by atoms with Crippen molar-refractivity contribution in [3.05, 3.63) is 23.4 Å². The average molecular weight is 293 g/mol. The van der Waals surface area contributed by atoms with Crippen molar-refractivity contribution in [1.29, 1.82) is 0 Å². The molecular formula is C9H11NO6S2. The van der Waals surface area contributed by atoms with Crippen molar-refractivity contribution in [2.24, 2.45) is 5.92 Å². The summed E-state index contributed by atoms with van der Waals surface area (Å²) >= 11 is 1.37. The Hall–Kier alpha value is -1.19. The van der Waals surface area contributed by atoms with Gasteiger partial charge in [-0.25, -0.2) is 0 Å². The maximum atomic E-state index is 10.7. The summed E-state index contributed by atoms with van der Waals surface area (Å²) < 4.78 is 34.7. The first-order valence-electron chi connectivity index (χ1n) is 5.02. The van der Waals surface area contributed by atoms with Crippen molar-refractivity contribution in [3.63, 3.8) is 0 Å². The minimum atomic E-state index is -4.60. The normalized spacial score (nSPS) is 26.7. The number of carboxylic acid groups (broad SMARTS) is 1. The Balaban J connectivity index is 2.21. The molecule has 0 radical (unpaired) electrons. The van der Waals surface area contributed by atoms with Gasteiger partial charge in [-0.1, -0.05) is 6.08 Å². The lowest BCUT2D eigenvalue weighted by molar-refractivity contribution is -0.137. The van der Waals surface area contributed by atoms with Crippen LogP contribution in [-0.4, -0.2) is 47.3 Å². The molecule has 0 saturated heterocycles. The number of hydrogen-bond donors (Lipinski definition) is 2. The standard InChI is InChI=1S/C9H11NO6S2/c11-8(12)5-10-3-6-1-2-17-9(6)7(4-10)16-18(13,14)15/h1-2,4,6,9H,3,5H2,(H,11,12)(H,13,14,15). The Kier molecular flexibility index (Phi) is 3.55. The monoisotopic (exact) mass is 293 g/mol. The highest BCUT2D eigenvalue weighted by Crippen LogP contribution is 2.39. The van der Waals surface area contributed by atoms with E-state index in [1.54, 1.807) is 5.41 Å². The molecule has 9 heteroatoms. The SMILES string of the molecule is O=C(O)CN1C=C(OS(=O)(=O)O)C2SC=CC2C1. The second kappa shape index (κ2) is 4.82. The van der Waals surface area contributed by atoms with Crippen molar-refractivity contribution in [2.75, 3.05) is 13.1 Å². The first-order valence-corrected chi connectivity index (χ1v) is 7.32. The van der Waals surface area contributed by atoms with Gasteiger partial charge in [0.15, 0.2) is 5.76 Å². The van der Waals surface area contributed by atoms with Crippen LogP contribution in [0, 0.1) is 5.92 Å². The first-order chi connectivity index (χ1) is 8.35. The van der Waals surface area contributed by atoms with Gasteiger partial charge in [-0.15, -0.1) is 11.8 Å². The summed E-state index contributed by atoms with van der Waals surface area (Å²) in [4.78, 5) is 12.1. The lowest BCUT2D eigenvalue weighted by atomic mass is 10.0. The van der Waals surface area contributed by atoms with Gasteiger partial charge in [-0.2, -0.15) is 8.42 Å². The van der Waals surface area contributed by atoms with E-state index in [0.717, 1.165) is 0 Å². The molecule has 0 spiro atoms. The lowest BCUT2D eigenvalue weighted by Gasteiger charge is -2.32. The molecule has 2 unspecified atom stereocenters. The van der Waals surface area contributed by atoms with Crippen molar-refractivity contribution < 1.29 is 27.1 Å². The molecule has 2 heterocycles. The number of carboxylic acids is 1. The third-order valence-electron chi connectivity index (χ3n) is 2.52. The number of hydrogen-bond acceptors (Lipinski definition) is 6. The molecule has 0 amide bonds. The molecule has 7 nitrogen and oxygen atoms in total. The maximum absolute atomic E-state index is 10.7. The molecule has 2 rings (SSSR count). The van der Waals surface area contributed by atoms with E-state index < -0.39 is 16.4 Å². The van der Waals surface area contributed by atoms with Crippen molar-refractivity contribution in [3.8, 4) is 0 Å². The topological polar surface area (TPSA) is 104 Å². The van der Waals surface area contributed by atoms with Crippen LogP contribution in [0.15, 0.2) is 23.4 Å². The summed E-state index contributed by atoms with van der Waals surface area (Å²) in [6.45, 7) is 0.221. The molecule has 0 bridgehead atoms. The van der Waals surface area contributed by atoms with E-state index in [-0.39, 0.29) is 23.5 Å². The van der Waals surface area contributed by atoms with Gasteiger partial charge in [0, 0.05) is 18.7 Å². The van der Waals surface area contributed by atoms with E-state index in [0.29, 0.717) is 6.54 Å². The number of fused-ring (bicyclic) bond motifs is 1. The summed E-state index contributed by atoms with van der Waals surface area (Å²) in [5.74, 6) is -1.01. The van der Waals surface area contributed by atoms with Crippen LogP contribution < -0.4 is 0 Å². The zero-order valence-corrected chi connectivity index (χ0v) is 10.7. The van der Waals surface area contributed by atoms with Crippen LogP contribution in [-0.2, 0) is 19.4 Å². The number of carbonyl (C=O) groups is 1. The zero-order chi connectivity index (χ0) is 13.3. The van der Waals surface area contributed by atoms with Gasteiger partial charge >= 0.3 is 16.4 Å². The molecule has 2 N–H and O–H groups in total. The molecule has 0 aromatic heterocycles. The van der Waals surface area contributed by atoms with Gasteiger partial charge in [0.25, 0.3) is 0 Å². The van der Waals surface area contributed by atoms with Gasteiger partial charge in [-0.05, 0) is 5.41 Å². The Bertz CT molecular complexity index is 511. The largest absolute Gasteiger partial charge is 0.480 e. The molecule has 2 atom stereocenters. The summed E-state index contributed by atoms with van der Waals surface area (Å²) in [5, 5.41) is 10.3. The predicted molar refractivity (Wildman–Crippen MR) is 63.9 cm³/mol. The molecule has 0 aromatic carbocycles. The Morgan fingerprint density at radius 3 is 2.94 bits per heavy atom. The van der Waals surface area contributed by atoms with E-state index in [2.05, 4.69) is 4.18 Å². The molecular weight excluding hydrogens is 282 g/mol. The summed E-state index contributed by atoms with van der Waals surface area (Å²) in [5.41, 5.74) is 0. The lowest BCUT2D eigenvalue weighted by Crippen LogP contribution is -2.38. The Labute approximate surface area is 108 Å². The molecule has 100 valence electrons. The highest BCUT2D eigenvalue weighted by atomic mass is 32.3. The fourth-order valence-electron chi connectivity index (χ4n) is 1.92. The van der Waals surface area contributed by atoms with Gasteiger partial charge in [0.1, 0.15) is 6.54 Å². The molecule has 0 saturated carbocycles. The van der Waals surface area contributed by atoms with E-state index in [1.807, 2.05) is 6.08 Å². The summed E-state index contributed by atoms with van der Waals surface area (Å²) in [7, 11) is -4.60. The van der Waals surface area contributed by atoms with Crippen LogP contribution >= 0.6 is 11.8 Å². The third kappa shape index (κ3) is 3.18. The number of nitrogens with zero attached hydrogens (tertiary/aromatic N) is 1. The number of aliphatic carboxylic acids is 1. The smallest absolute Gasteiger partial charge is 0.446 e. The van der Waals surface area contributed by atoms with Gasteiger partial charge in [-0.3, -0.25) is 9.35 Å². The van der Waals surface area contributed by atoms with Crippen LogP contribution in [0.25, 0.3) is 0 Å². The minimum Gasteiger partial charge on any atom is -0.480 e. The van der Waals surface area contributed by atoms with Crippen molar-refractivity contribution in [2.45, 2.75) is 5.25 Å². The molecule has 2 aliphatic rings. The fraction of sp³-hybridized carbons (Fsp3) is 0.444. The van der Waals surface area contributed by atoms with E-state index in [9.17, 15) is 13.2 Å². The molecule has 0 fully saturated rings. The second-order valence-corrected chi connectivity index (χ2v) is 5.99. The maximum Gasteiger partial charge on any atom is 0.446 e. The van der Waals surface area contributed by atoms with E-state index in [1.165, 1.54) is 22.9 Å². The van der Waals surface area contributed by atoms with Gasteiger partial charge in [0.05, 0.1) is 5.25 Å². The quantitative estimate of drug-likeness (QED) is 0.713. The molecule has 0 aromatic rings. The Morgan fingerprint density at radius 1 is 1.61 bits per heavy atom. The van der Waals surface area contributed by atoms with Crippen LogP contribution in [0.2, 0.25) is 0 Å². The average Bonchev–Trinajstić information content (AvgIpc) is 2.61. The van der Waals surface area contributed by atoms with Crippen LogP contribution in [0.4, 0.5) is 0 Å². The highest BCUT2D eigenvalue weighted by molar-refractivity contribution is 8.03. The number of rotatable bonds is 4. The van der Waals surface area contributed by atoms with Gasteiger partial charge in [0.2, 0.25) is 0 Å². The minimum absolute atomic E-state index is 0.0314. The Morgan fingerprint density at radius 2 is 2.33 bits per heavy atom. The second-order valence-electron chi connectivity index (χ2n) is 3.91.